The number of rotatable bonds is 8. The quantitative estimate of drug-likeness (QED) is 0.666. The summed E-state index contributed by atoms with van der Waals surface area (Å²) in [7, 11) is 0. The van der Waals surface area contributed by atoms with E-state index in [9.17, 15) is 5.11 Å². The van der Waals surface area contributed by atoms with Crippen LogP contribution < -0.4 is 5.32 Å². The Morgan fingerprint density at radius 2 is 1.68 bits per heavy atom. The summed E-state index contributed by atoms with van der Waals surface area (Å²) in [6.07, 6.45) is 8.08. The minimum absolute atomic E-state index is 0.242. The summed E-state index contributed by atoms with van der Waals surface area (Å²) < 4.78 is 0. The van der Waals surface area contributed by atoms with Gasteiger partial charge in [-0.3, -0.25) is 0 Å². The second-order valence-corrected chi connectivity index (χ2v) is 6.09. The molecular weight excluding hydrogens is 236 g/mol. The topological polar surface area (TPSA) is 35.5 Å². The molecule has 0 radical (unpaired) electrons. The molecule has 2 N–H and O–H groups in total. The van der Waals surface area contributed by atoms with Crippen molar-refractivity contribution in [1.29, 1.82) is 0 Å². The molecule has 0 aromatic heterocycles. The number of hydrogen-bond donors (Lipinski definition) is 2. The highest BCUT2D eigenvalue weighted by Gasteiger charge is 2.19. The Kier molecular flexibility index (Phi) is 8.67. The van der Waals surface area contributed by atoms with Crippen LogP contribution in [0.5, 0.6) is 0 Å². The van der Waals surface area contributed by atoms with E-state index in [1.807, 2.05) is 0 Å². The van der Waals surface area contributed by atoms with Crippen LogP contribution in [0.1, 0.15) is 59.3 Å². The van der Waals surface area contributed by atoms with Gasteiger partial charge in [-0.2, -0.15) is 0 Å². The first-order chi connectivity index (χ1) is 9.17. The highest BCUT2D eigenvalue weighted by molar-refractivity contribution is 4.76. The number of likely N-dealkylation sites (N-methyl/N-ethyl adjacent to an activating group) is 1. The predicted octanol–water partition coefficient (Wildman–Crippen LogP) is 2.64. The molecule has 2 atom stereocenters. The molecule has 0 amide bonds. The lowest BCUT2D eigenvalue weighted by atomic mass is 9.93. The SMILES string of the molecule is CCN(CC)CC(O)CN[C@H](C)C1CCCCCC1. The van der Waals surface area contributed by atoms with Gasteiger partial charge in [-0.25, -0.2) is 0 Å². The van der Waals surface area contributed by atoms with E-state index >= 15 is 0 Å². The number of hydrogen-bond acceptors (Lipinski definition) is 3. The van der Waals surface area contributed by atoms with Gasteiger partial charge in [0, 0.05) is 19.1 Å². The van der Waals surface area contributed by atoms with Crippen molar-refractivity contribution in [2.75, 3.05) is 26.2 Å². The molecule has 0 aromatic rings. The maximum absolute atomic E-state index is 10.1. The third-order valence-corrected chi connectivity index (χ3v) is 4.65. The molecule has 0 saturated heterocycles. The maximum atomic E-state index is 10.1. The van der Waals surface area contributed by atoms with E-state index in [-0.39, 0.29) is 6.10 Å². The van der Waals surface area contributed by atoms with Crippen LogP contribution in [0.25, 0.3) is 0 Å². The minimum Gasteiger partial charge on any atom is -0.390 e. The monoisotopic (exact) mass is 270 g/mol. The lowest BCUT2D eigenvalue weighted by Crippen LogP contribution is -2.43. The second-order valence-electron chi connectivity index (χ2n) is 6.09. The molecule has 0 aromatic carbocycles. The van der Waals surface area contributed by atoms with Gasteiger partial charge in [-0.15, -0.1) is 0 Å². The van der Waals surface area contributed by atoms with Crippen molar-refractivity contribution in [3.05, 3.63) is 0 Å². The van der Waals surface area contributed by atoms with Gasteiger partial charge in [0.05, 0.1) is 6.10 Å². The van der Waals surface area contributed by atoms with Crippen LogP contribution in [0.3, 0.4) is 0 Å². The third-order valence-electron chi connectivity index (χ3n) is 4.65. The molecule has 0 heterocycles. The molecule has 1 aliphatic rings. The molecule has 19 heavy (non-hydrogen) atoms. The second kappa shape index (κ2) is 9.73. The summed E-state index contributed by atoms with van der Waals surface area (Å²) in [6.45, 7) is 10.2. The molecule has 0 bridgehead atoms. The fraction of sp³-hybridized carbons (Fsp3) is 1.00. The van der Waals surface area contributed by atoms with Gasteiger partial charge in [0.1, 0.15) is 0 Å². The van der Waals surface area contributed by atoms with Crippen LogP contribution in [0, 0.1) is 5.92 Å². The average molecular weight is 270 g/mol. The number of aliphatic hydroxyl groups excluding tert-OH is 1. The zero-order valence-corrected chi connectivity index (χ0v) is 13.2. The largest absolute Gasteiger partial charge is 0.390 e. The van der Waals surface area contributed by atoms with Crippen LogP contribution >= 0.6 is 0 Å². The van der Waals surface area contributed by atoms with Gasteiger partial charge >= 0.3 is 0 Å². The predicted molar refractivity (Wildman–Crippen MR) is 82.5 cm³/mol. The van der Waals surface area contributed by atoms with Crippen molar-refractivity contribution >= 4 is 0 Å². The summed E-state index contributed by atoms with van der Waals surface area (Å²) >= 11 is 0. The van der Waals surface area contributed by atoms with Crippen molar-refractivity contribution < 1.29 is 5.11 Å². The highest BCUT2D eigenvalue weighted by atomic mass is 16.3. The van der Waals surface area contributed by atoms with Gasteiger partial charge < -0.3 is 15.3 Å². The smallest absolute Gasteiger partial charge is 0.0791 e. The van der Waals surface area contributed by atoms with Gasteiger partial charge in [0.2, 0.25) is 0 Å². The van der Waals surface area contributed by atoms with E-state index < -0.39 is 0 Å². The molecule has 1 fully saturated rings. The minimum atomic E-state index is -0.242. The highest BCUT2D eigenvalue weighted by Crippen LogP contribution is 2.25. The zero-order chi connectivity index (χ0) is 14.1. The Morgan fingerprint density at radius 1 is 1.11 bits per heavy atom. The van der Waals surface area contributed by atoms with Crippen molar-refractivity contribution in [2.45, 2.75) is 71.4 Å². The number of nitrogens with one attached hydrogen (secondary N) is 1. The van der Waals surface area contributed by atoms with Crippen molar-refractivity contribution in [1.82, 2.24) is 10.2 Å². The van der Waals surface area contributed by atoms with E-state index in [1.165, 1.54) is 38.5 Å². The lowest BCUT2D eigenvalue weighted by Gasteiger charge is -2.27. The van der Waals surface area contributed by atoms with Crippen molar-refractivity contribution in [3.8, 4) is 0 Å². The van der Waals surface area contributed by atoms with Crippen LogP contribution in [0.4, 0.5) is 0 Å². The van der Waals surface area contributed by atoms with Crippen LogP contribution in [0.15, 0.2) is 0 Å². The molecule has 1 unspecified atom stereocenters. The Morgan fingerprint density at radius 3 is 2.21 bits per heavy atom. The third kappa shape index (κ3) is 6.73. The van der Waals surface area contributed by atoms with E-state index in [1.54, 1.807) is 0 Å². The van der Waals surface area contributed by atoms with Gasteiger partial charge in [-0.05, 0) is 38.8 Å². The molecular formula is C16H34N2O. The zero-order valence-electron chi connectivity index (χ0n) is 13.2. The number of nitrogens with zero attached hydrogens (tertiary/aromatic N) is 1. The Hall–Kier alpha value is -0.120. The number of aliphatic hydroxyl groups is 1. The summed E-state index contributed by atoms with van der Waals surface area (Å²) in [5.41, 5.74) is 0. The fourth-order valence-corrected chi connectivity index (χ4v) is 3.14. The van der Waals surface area contributed by atoms with Crippen LogP contribution in [-0.2, 0) is 0 Å². The van der Waals surface area contributed by atoms with E-state index in [2.05, 4.69) is 31.0 Å². The summed E-state index contributed by atoms with van der Waals surface area (Å²) in [5.74, 6) is 0.808. The molecule has 0 spiro atoms. The molecule has 114 valence electrons. The van der Waals surface area contributed by atoms with Gasteiger partial charge in [0.15, 0.2) is 0 Å². The normalized spacial score (nSPS) is 21.3. The van der Waals surface area contributed by atoms with E-state index in [0.717, 1.165) is 32.1 Å². The van der Waals surface area contributed by atoms with E-state index in [4.69, 9.17) is 0 Å². The Labute approximate surface area is 119 Å². The Balaban J connectivity index is 2.22. The van der Waals surface area contributed by atoms with E-state index in [0.29, 0.717) is 6.04 Å². The molecule has 3 nitrogen and oxygen atoms in total. The molecule has 3 heteroatoms. The van der Waals surface area contributed by atoms with Crippen molar-refractivity contribution in [2.24, 2.45) is 5.92 Å². The molecule has 1 rings (SSSR count). The molecule has 0 aliphatic heterocycles. The first-order valence-corrected chi connectivity index (χ1v) is 8.31. The first-order valence-electron chi connectivity index (χ1n) is 8.31. The maximum Gasteiger partial charge on any atom is 0.0791 e. The summed E-state index contributed by atoms with van der Waals surface area (Å²) in [5, 5.41) is 13.6. The van der Waals surface area contributed by atoms with Crippen LogP contribution in [0.2, 0.25) is 0 Å². The van der Waals surface area contributed by atoms with Crippen LogP contribution in [-0.4, -0.2) is 48.3 Å². The summed E-state index contributed by atoms with van der Waals surface area (Å²) in [6, 6.07) is 0.546. The summed E-state index contributed by atoms with van der Waals surface area (Å²) in [4.78, 5) is 2.28. The standard InChI is InChI=1S/C16H34N2O/c1-4-18(5-2)13-16(19)12-17-14(3)15-10-8-6-7-9-11-15/h14-17,19H,4-13H2,1-3H3/t14-,16?/m1/s1. The van der Waals surface area contributed by atoms with Gasteiger partial charge in [0.25, 0.3) is 0 Å². The van der Waals surface area contributed by atoms with Crippen molar-refractivity contribution in [3.63, 3.8) is 0 Å². The lowest BCUT2D eigenvalue weighted by molar-refractivity contribution is 0.111. The first kappa shape index (κ1) is 16.9. The average Bonchev–Trinajstić information content (AvgIpc) is 2.71. The van der Waals surface area contributed by atoms with Gasteiger partial charge in [-0.1, -0.05) is 39.5 Å². The molecule has 1 saturated carbocycles. The fourth-order valence-electron chi connectivity index (χ4n) is 3.14. The molecule has 1 aliphatic carbocycles. The Bertz CT molecular complexity index is 211.